The van der Waals surface area contributed by atoms with Gasteiger partial charge in [0.05, 0.1) is 13.2 Å². The molecule has 0 aliphatic heterocycles. The molecule has 0 aliphatic rings. The Kier molecular flexibility index (Phi) is 5.74. The highest BCUT2D eigenvalue weighted by molar-refractivity contribution is 6.04. The van der Waals surface area contributed by atoms with Crippen LogP contribution in [0, 0.1) is 0 Å². The summed E-state index contributed by atoms with van der Waals surface area (Å²) in [6.45, 7) is 4.44. The molecular formula is C18H18O5. The average Bonchev–Trinajstić information content (AvgIpc) is 2.56. The van der Waals surface area contributed by atoms with Crippen LogP contribution in [0.4, 0.5) is 0 Å². The standard InChI is InChI=1S/C18H18O5/c1-3-21-15-11-7-5-9-13(15)17(19)23-18(20)14-10-6-8-12-16(14)22-4-2/h5-12H,3-4H2,1-2H3. The smallest absolute Gasteiger partial charge is 0.349 e. The van der Waals surface area contributed by atoms with Crippen molar-refractivity contribution in [3.8, 4) is 11.5 Å². The van der Waals surface area contributed by atoms with Gasteiger partial charge in [-0.15, -0.1) is 0 Å². The minimum atomic E-state index is -0.759. The van der Waals surface area contributed by atoms with Crippen LogP contribution < -0.4 is 9.47 Å². The fourth-order valence-electron chi connectivity index (χ4n) is 2.03. The summed E-state index contributed by atoms with van der Waals surface area (Å²) in [4.78, 5) is 24.5. The summed E-state index contributed by atoms with van der Waals surface area (Å²) in [5.74, 6) is -0.757. The highest BCUT2D eigenvalue weighted by Gasteiger charge is 2.20. The molecule has 120 valence electrons. The van der Waals surface area contributed by atoms with Crippen molar-refractivity contribution in [3.63, 3.8) is 0 Å². The summed E-state index contributed by atoms with van der Waals surface area (Å²) in [7, 11) is 0. The van der Waals surface area contributed by atoms with Gasteiger partial charge in [-0.2, -0.15) is 0 Å². The zero-order valence-corrected chi connectivity index (χ0v) is 13.1. The van der Waals surface area contributed by atoms with Gasteiger partial charge in [0.2, 0.25) is 0 Å². The first-order chi connectivity index (χ1) is 11.2. The van der Waals surface area contributed by atoms with Crippen LogP contribution in [0.15, 0.2) is 48.5 Å². The third-order valence-corrected chi connectivity index (χ3v) is 3.00. The fourth-order valence-corrected chi connectivity index (χ4v) is 2.03. The fraction of sp³-hybridized carbons (Fsp3) is 0.222. The Hall–Kier alpha value is -2.82. The van der Waals surface area contributed by atoms with Gasteiger partial charge in [-0.25, -0.2) is 9.59 Å². The summed E-state index contributed by atoms with van der Waals surface area (Å²) in [5, 5.41) is 0. The van der Waals surface area contributed by atoms with E-state index in [2.05, 4.69) is 0 Å². The van der Waals surface area contributed by atoms with Crippen LogP contribution in [0.2, 0.25) is 0 Å². The molecule has 0 heterocycles. The molecule has 0 radical (unpaired) electrons. The van der Waals surface area contributed by atoms with Crippen molar-refractivity contribution in [1.82, 2.24) is 0 Å². The van der Waals surface area contributed by atoms with Crippen LogP contribution >= 0.6 is 0 Å². The topological polar surface area (TPSA) is 61.8 Å². The Morgan fingerprint density at radius 1 is 0.739 bits per heavy atom. The number of carbonyl (C=O) groups excluding carboxylic acids is 2. The first kappa shape index (κ1) is 16.5. The number of para-hydroxylation sites is 2. The van der Waals surface area contributed by atoms with Crippen LogP contribution in [-0.2, 0) is 4.74 Å². The van der Waals surface area contributed by atoms with Crippen LogP contribution in [0.25, 0.3) is 0 Å². The van der Waals surface area contributed by atoms with E-state index >= 15 is 0 Å². The monoisotopic (exact) mass is 314 g/mol. The molecule has 0 saturated heterocycles. The van der Waals surface area contributed by atoms with Crippen molar-refractivity contribution in [3.05, 3.63) is 59.7 Å². The minimum Gasteiger partial charge on any atom is -0.493 e. The normalized spacial score (nSPS) is 10.0. The molecule has 0 aromatic heterocycles. The van der Waals surface area contributed by atoms with E-state index in [4.69, 9.17) is 14.2 Å². The van der Waals surface area contributed by atoms with Crippen LogP contribution in [0.3, 0.4) is 0 Å². The lowest BCUT2D eigenvalue weighted by Crippen LogP contribution is -2.15. The lowest BCUT2D eigenvalue weighted by Gasteiger charge is -2.11. The highest BCUT2D eigenvalue weighted by Crippen LogP contribution is 2.22. The largest absolute Gasteiger partial charge is 0.493 e. The van der Waals surface area contributed by atoms with E-state index in [0.29, 0.717) is 24.7 Å². The van der Waals surface area contributed by atoms with Gasteiger partial charge >= 0.3 is 11.9 Å². The quantitative estimate of drug-likeness (QED) is 0.603. The second-order valence-electron chi connectivity index (χ2n) is 4.54. The van der Waals surface area contributed by atoms with E-state index in [9.17, 15) is 9.59 Å². The van der Waals surface area contributed by atoms with Gasteiger partial charge in [0, 0.05) is 0 Å². The molecular weight excluding hydrogens is 296 g/mol. The van der Waals surface area contributed by atoms with Gasteiger partial charge in [-0.1, -0.05) is 24.3 Å². The van der Waals surface area contributed by atoms with Crippen molar-refractivity contribution in [2.45, 2.75) is 13.8 Å². The molecule has 2 aromatic rings. The molecule has 0 N–H and O–H groups in total. The molecule has 0 saturated carbocycles. The van der Waals surface area contributed by atoms with Gasteiger partial charge in [0.1, 0.15) is 22.6 Å². The zero-order valence-electron chi connectivity index (χ0n) is 13.1. The predicted octanol–water partition coefficient (Wildman–Crippen LogP) is 3.48. The first-order valence-corrected chi connectivity index (χ1v) is 7.37. The van der Waals surface area contributed by atoms with Crippen molar-refractivity contribution in [2.75, 3.05) is 13.2 Å². The van der Waals surface area contributed by atoms with Gasteiger partial charge in [0.25, 0.3) is 0 Å². The molecule has 0 aliphatic carbocycles. The van der Waals surface area contributed by atoms with Gasteiger partial charge in [0.15, 0.2) is 0 Å². The number of rotatable bonds is 6. The van der Waals surface area contributed by atoms with Gasteiger partial charge in [-0.05, 0) is 38.1 Å². The lowest BCUT2D eigenvalue weighted by molar-refractivity contribution is 0.0393. The Bertz CT molecular complexity index is 634. The Balaban J connectivity index is 2.19. The molecule has 5 nitrogen and oxygen atoms in total. The Morgan fingerprint density at radius 3 is 1.52 bits per heavy atom. The molecule has 0 unspecified atom stereocenters. The zero-order chi connectivity index (χ0) is 16.7. The molecule has 0 atom stereocenters. The molecule has 0 spiro atoms. The first-order valence-electron chi connectivity index (χ1n) is 7.37. The number of hydrogen-bond acceptors (Lipinski definition) is 5. The molecule has 0 amide bonds. The summed E-state index contributed by atoms with van der Waals surface area (Å²) in [5.41, 5.74) is 0.410. The van der Waals surface area contributed by atoms with Crippen molar-refractivity contribution in [1.29, 1.82) is 0 Å². The minimum absolute atomic E-state index is 0.205. The molecule has 23 heavy (non-hydrogen) atoms. The number of ether oxygens (including phenoxy) is 3. The summed E-state index contributed by atoms with van der Waals surface area (Å²) < 4.78 is 15.7. The third kappa shape index (κ3) is 4.10. The summed E-state index contributed by atoms with van der Waals surface area (Å²) in [6, 6.07) is 13.2. The maximum absolute atomic E-state index is 12.2. The van der Waals surface area contributed by atoms with E-state index in [1.54, 1.807) is 48.5 Å². The second-order valence-corrected chi connectivity index (χ2v) is 4.54. The molecule has 5 heteroatoms. The third-order valence-electron chi connectivity index (χ3n) is 3.00. The predicted molar refractivity (Wildman–Crippen MR) is 85.0 cm³/mol. The van der Waals surface area contributed by atoms with Crippen LogP contribution in [0.5, 0.6) is 11.5 Å². The van der Waals surface area contributed by atoms with E-state index in [1.165, 1.54) is 0 Å². The van der Waals surface area contributed by atoms with E-state index in [-0.39, 0.29) is 11.1 Å². The maximum Gasteiger partial charge on any atom is 0.349 e. The molecule has 0 fully saturated rings. The number of hydrogen-bond donors (Lipinski definition) is 0. The Morgan fingerprint density at radius 2 is 1.13 bits per heavy atom. The molecule has 0 bridgehead atoms. The maximum atomic E-state index is 12.2. The van der Waals surface area contributed by atoms with Gasteiger partial charge < -0.3 is 14.2 Å². The summed E-state index contributed by atoms with van der Waals surface area (Å²) in [6.07, 6.45) is 0. The van der Waals surface area contributed by atoms with E-state index in [0.717, 1.165) is 0 Å². The lowest BCUT2D eigenvalue weighted by atomic mass is 10.2. The van der Waals surface area contributed by atoms with Crippen LogP contribution in [-0.4, -0.2) is 25.2 Å². The second kappa shape index (κ2) is 7.98. The molecule has 2 aromatic carbocycles. The van der Waals surface area contributed by atoms with Crippen LogP contribution in [0.1, 0.15) is 34.6 Å². The van der Waals surface area contributed by atoms with Crippen molar-refractivity contribution in [2.24, 2.45) is 0 Å². The van der Waals surface area contributed by atoms with Crippen molar-refractivity contribution >= 4 is 11.9 Å². The van der Waals surface area contributed by atoms with Gasteiger partial charge in [-0.3, -0.25) is 0 Å². The molecule has 2 rings (SSSR count). The SMILES string of the molecule is CCOc1ccccc1C(=O)OC(=O)c1ccccc1OCC. The number of carbonyl (C=O) groups is 2. The van der Waals surface area contributed by atoms with E-state index in [1.807, 2.05) is 13.8 Å². The highest BCUT2D eigenvalue weighted by atomic mass is 16.6. The summed E-state index contributed by atoms with van der Waals surface area (Å²) >= 11 is 0. The Labute approximate surface area is 134 Å². The van der Waals surface area contributed by atoms with Crippen molar-refractivity contribution < 1.29 is 23.8 Å². The average molecular weight is 314 g/mol. The number of esters is 2. The van der Waals surface area contributed by atoms with E-state index < -0.39 is 11.9 Å². The number of benzene rings is 2.